The molecule has 0 radical (unpaired) electrons. The number of ether oxygens (including phenoxy) is 1. The lowest BCUT2D eigenvalue weighted by Gasteiger charge is -2.35. The van der Waals surface area contributed by atoms with Crippen molar-refractivity contribution in [3.05, 3.63) is 34.9 Å². The molecule has 1 aliphatic heterocycles. The SMILES string of the molecule is CNC1CC(c2ccc3c(c2)COC3)C1. The number of rotatable bonds is 2. The van der Waals surface area contributed by atoms with Crippen LogP contribution in [0.15, 0.2) is 18.2 Å². The lowest BCUT2D eigenvalue weighted by atomic mass is 9.75. The maximum atomic E-state index is 5.43. The smallest absolute Gasteiger partial charge is 0.0725 e. The first kappa shape index (κ1) is 9.37. The van der Waals surface area contributed by atoms with Gasteiger partial charge in [-0.25, -0.2) is 0 Å². The van der Waals surface area contributed by atoms with Crippen molar-refractivity contribution in [2.45, 2.75) is 38.0 Å². The van der Waals surface area contributed by atoms with Crippen molar-refractivity contribution < 1.29 is 4.74 Å². The van der Waals surface area contributed by atoms with Crippen LogP contribution in [-0.2, 0) is 18.0 Å². The Morgan fingerprint density at radius 3 is 2.80 bits per heavy atom. The predicted molar refractivity (Wildman–Crippen MR) is 59.8 cm³/mol. The molecule has 0 amide bonds. The number of hydrogen-bond acceptors (Lipinski definition) is 2. The molecule has 0 bridgehead atoms. The molecule has 1 saturated carbocycles. The standard InChI is InChI=1S/C13H17NO/c1-14-13-5-11(6-13)9-2-3-10-7-15-8-12(10)4-9/h2-4,11,13-14H,5-8H2,1H3. The normalized spacial score (nSPS) is 28.6. The minimum absolute atomic E-state index is 0.736. The van der Waals surface area contributed by atoms with Crippen molar-refractivity contribution in [3.8, 4) is 0 Å². The number of fused-ring (bicyclic) bond motifs is 1. The predicted octanol–water partition coefficient (Wildman–Crippen LogP) is 2.18. The number of hydrogen-bond donors (Lipinski definition) is 1. The van der Waals surface area contributed by atoms with Crippen LogP contribution in [0.1, 0.15) is 35.4 Å². The van der Waals surface area contributed by atoms with Crippen LogP contribution in [0.3, 0.4) is 0 Å². The van der Waals surface area contributed by atoms with E-state index in [9.17, 15) is 0 Å². The van der Waals surface area contributed by atoms with Gasteiger partial charge in [0, 0.05) is 6.04 Å². The summed E-state index contributed by atoms with van der Waals surface area (Å²) in [7, 11) is 2.05. The lowest BCUT2D eigenvalue weighted by Crippen LogP contribution is -2.37. The van der Waals surface area contributed by atoms with Crippen molar-refractivity contribution >= 4 is 0 Å². The van der Waals surface area contributed by atoms with Gasteiger partial charge < -0.3 is 10.1 Å². The maximum absolute atomic E-state index is 5.43. The minimum atomic E-state index is 0.736. The molecule has 2 aliphatic rings. The molecule has 3 rings (SSSR count). The number of benzene rings is 1. The molecule has 2 nitrogen and oxygen atoms in total. The Hall–Kier alpha value is -0.860. The van der Waals surface area contributed by atoms with Crippen molar-refractivity contribution in [3.63, 3.8) is 0 Å². The summed E-state index contributed by atoms with van der Waals surface area (Å²) in [5.74, 6) is 0.772. The number of nitrogens with one attached hydrogen (secondary N) is 1. The summed E-state index contributed by atoms with van der Waals surface area (Å²) in [6.07, 6.45) is 2.58. The molecule has 0 saturated heterocycles. The fourth-order valence-corrected chi connectivity index (χ4v) is 2.57. The molecule has 2 heteroatoms. The van der Waals surface area contributed by atoms with Gasteiger partial charge in [-0.3, -0.25) is 0 Å². The van der Waals surface area contributed by atoms with E-state index in [1.165, 1.54) is 29.5 Å². The zero-order valence-electron chi connectivity index (χ0n) is 9.12. The molecule has 1 aromatic carbocycles. The van der Waals surface area contributed by atoms with Gasteiger partial charge in [0.1, 0.15) is 0 Å². The molecule has 0 aromatic heterocycles. The lowest BCUT2D eigenvalue weighted by molar-refractivity contribution is 0.134. The van der Waals surface area contributed by atoms with Crippen LogP contribution in [0.4, 0.5) is 0 Å². The summed E-state index contributed by atoms with van der Waals surface area (Å²) in [5.41, 5.74) is 4.29. The van der Waals surface area contributed by atoms with E-state index in [2.05, 4.69) is 30.6 Å². The molecular formula is C13H17NO. The summed E-state index contributed by atoms with van der Waals surface area (Å²) >= 11 is 0. The van der Waals surface area contributed by atoms with Crippen molar-refractivity contribution in [2.24, 2.45) is 0 Å². The quantitative estimate of drug-likeness (QED) is 0.795. The van der Waals surface area contributed by atoms with Gasteiger partial charge >= 0.3 is 0 Å². The Balaban J connectivity index is 1.77. The van der Waals surface area contributed by atoms with Crippen LogP contribution in [0.5, 0.6) is 0 Å². The first-order valence-corrected chi connectivity index (χ1v) is 5.73. The molecule has 1 aliphatic carbocycles. The molecular weight excluding hydrogens is 186 g/mol. The topological polar surface area (TPSA) is 21.3 Å². The third-order valence-electron chi connectivity index (χ3n) is 3.76. The van der Waals surface area contributed by atoms with Crippen LogP contribution in [-0.4, -0.2) is 13.1 Å². The second-order valence-electron chi connectivity index (χ2n) is 4.67. The summed E-state index contributed by atoms with van der Waals surface area (Å²) in [4.78, 5) is 0. The Bertz CT molecular complexity index is 369. The van der Waals surface area contributed by atoms with E-state index in [-0.39, 0.29) is 0 Å². The largest absolute Gasteiger partial charge is 0.372 e. The van der Waals surface area contributed by atoms with Crippen LogP contribution >= 0.6 is 0 Å². The Morgan fingerprint density at radius 2 is 2.00 bits per heavy atom. The first-order valence-electron chi connectivity index (χ1n) is 5.73. The Kier molecular flexibility index (Phi) is 2.26. The molecule has 1 heterocycles. The van der Waals surface area contributed by atoms with Crippen molar-refractivity contribution in [1.82, 2.24) is 5.32 Å². The van der Waals surface area contributed by atoms with Gasteiger partial charge in [0.05, 0.1) is 13.2 Å². The Labute approximate surface area is 90.6 Å². The van der Waals surface area contributed by atoms with Gasteiger partial charge in [-0.05, 0) is 42.5 Å². The van der Waals surface area contributed by atoms with Crippen LogP contribution in [0.25, 0.3) is 0 Å². The fourth-order valence-electron chi connectivity index (χ4n) is 2.57. The second-order valence-corrected chi connectivity index (χ2v) is 4.67. The molecule has 1 N–H and O–H groups in total. The third kappa shape index (κ3) is 1.58. The molecule has 15 heavy (non-hydrogen) atoms. The fraction of sp³-hybridized carbons (Fsp3) is 0.538. The van der Waals surface area contributed by atoms with E-state index in [0.29, 0.717) is 0 Å². The van der Waals surface area contributed by atoms with Gasteiger partial charge in [-0.2, -0.15) is 0 Å². The summed E-state index contributed by atoms with van der Waals surface area (Å²) in [6.45, 7) is 1.62. The summed E-state index contributed by atoms with van der Waals surface area (Å²) in [6, 6.07) is 7.60. The molecule has 80 valence electrons. The highest BCUT2D eigenvalue weighted by Gasteiger charge is 2.29. The van der Waals surface area contributed by atoms with E-state index in [1.54, 1.807) is 0 Å². The van der Waals surface area contributed by atoms with Gasteiger partial charge in [0.2, 0.25) is 0 Å². The average molecular weight is 203 g/mol. The molecule has 0 unspecified atom stereocenters. The van der Waals surface area contributed by atoms with Gasteiger partial charge in [0.25, 0.3) is 0 Å². The van der Waals surface area contributed by atoms with Crippen LogP contribution in [0.2, 0.25) is 0 Å². The third-order valence-corrected chi connectivity index (χ3v) is 3.76. The van der Waals surface area contributed by atoms with Gasteiger partial charge in [0.15, 0.2) is 0 Å². The van der Waals surface area contributed by atoms with E-state index >= 15 is 0 Å². The first-order chi connectivity index (χ1) is 7.36. The summed E-state index contributed by atoms with van der Waals surface area (Å²) < 4.78 is 5.43. The van der Waals surface area contributed by atoms with E-state index in [0.717, 1.165) is 25.2 Å². The van der Waals surface area contributed by atoms with Crippen LogP contribution in [0, 0.1) is 0 Å². The second kappa shape index (κ2) is 3.62. The van der Waals surface area contributed by atoms with E-state index in [4.69, 9.17) is 4.74 Å². The van der Waals surface area contributed by atoms with Crippen molar-refractivity contribution in [1.29, 1.82) is 0 Å². The van der Waals surface area contributed by atoms with E-state index in [1.807, 2.05) is 0 Å². The van der Waals surface area contributed by atoms with Crippen molar-refractivity contribution in [2.75, 3.05) is 7.05 Å². The molecule has 0 atom stereocenters. The highest BCUT2D eigenvalue weighted by Crippen LogP contribution is 2.38. The zero-order chi connectivity index (χ0) is 10.3. The van der Waals surface area contributed by atoms with E-state index < -0.39 is 0 Å². The maximum Gasteiger partial charge on any atom is 0.0725 e. The average Bonchev–Trinajstić information content (AvgIpc) is 2.63. The van der Waals surface area contributed by atoms with Gasteiger partial charge in [-0.15, -0.1) is 0 Å². The highest BCUT2D eigenvalue weighted by atomic mass is 16.5. The zero-order valence-corrected chi connectivity index (χ0v) is 9.12. The minimum Gasteiger partial charge on any atom is -0.372 e. The molecule has 0 spiro atoms. The molecule has 1 fully saturated rings. The monoisotopic (exact) mass is 203 g/mol. The van der Waals surface area contributed by atoms with Gasteiger partial charge in [-0.1, -0.05) is 18.2 Å². The summed E-state index contributed by atoms with van der Waals surface area (Å²) in [5, 5.41) is 3.33. The highest BCUT2D eigenvalue weighted by molar-refractivity contribution is 5.35. The van der Waals surface area contributed by atoms with Crippen LogP contribution < -0.4 is 5.32 Å². The Morgan fingerprint density at radius 1 is 1.20 bits per heavy atom. The molecule has 1 aromatic rings.